The molecule has 1 aromatic carbocycles. The van der Waals surface area contributed by atoms with Crippen molar-refractivity contribution in [2.75, 3.05) is 0 Å². The fraction of sp³-hybridized carbons (Fsp3) is 0.267. The molecule has 22 heavy (non-hydrogen) atoms. The number of urea groups is 1. The molecule has 0 spiro atoms. The maximum Gasteiger partial charge on any atom is 0.318 e. The summed E-state index contributed by atoms with van der Waals surface area (Å²) in [5.74, 6) is -0.437. The Kier molecular flexibility index (Phi) is 4.87. The molecule has 6 nitrogen and oxygen atoms in total. The van der Waals surface area contributed by atoms with Crippen molar-refractivity contribution in [2.45, 2.75) is 31.2 Å². The number of nitrogens with one attached hydrogen (secondary N) is 1. The minimum absolute atomic E-state index is 0.437. The van der Waals surface area contributed by atoms with Crippen molar-refractivity contribution < 1.29 is 9.59 Å². The summed E-state index contributed by atoms with van der Waals surface area (Å²) < 4.78 is 1.92. The standard InChI is InChI=1S/C15H18N4O2S/c1-9-4-5-12(10(2)8-9)19-7-6-17-15(19)22-11(3)13(20)18-14(16)21/h4-8,11H,1-3H3,(H3,16,18,20,21)/t11-/m0/s1. The molecule has 1 atom stereocenters. The van der Waals surface area contributed by atoms with E-state index in [2.05, 4.69) is 16.4 Å². The molecule has 0 aliphatic heterocycles. The summed E-state index contributed by atoms with van der Waals surface area (Å²) in [6.07, 6.45) is 3.53. The van der Waals surface area contributed by atoms with E-state index in [0.29, 0.717) is 5.16 Å². The normalized spacial score (nSPS) is 12.0. The van der Waals surface area contributed by atoms with E-state index in [-0.39, 0.29) is 0 Å². The lowest BCUT2D eigenvalue weighted by atomic mass is 10.1. The first-order valence-electron chi connectivity index (χ1n) is 6.76. The molecule has 0 fully saturated rings. The molecule has 1 aromatic heterocycles. The second kappa shape index (κ2) is 6.65. The van der Waals surface area contributed by atoms with Crippen LogP contribution in [0.5, 0.6) is 0 Å². The highest BCUT2D eigenvalue weighted by Gasteiger charge is 2.19. The molecule has 2 rings (SSSR count). The first-order chi connectivity index (χ1) is 10.4. The number of carbonyl (C=O) groups is 2. The van der Waals surface area contributed by atoms with Crippen LogP contribution in [0.1, 0.15) is 18.1 Å². The van der Waals surface area contributed by atoms with Gasteiger partial charge in [0.1, 0.15) is 0 Å². The summed E-state index contributed by atoms with van der Waals surface area (Å²) in [7, 11) is 0. The zero-order chi connectivity index (χ0) is 16.3. The number of rotatable bonds is 4. The van der Waals surface area contributed by atoms with Crippen molar-refractivity contribution in [1.29, 1.82) is 0 Å². The number of hydrogen-bond donors (Lipinski definition) is 2. The van der Waals surface area contributed by atoms with Gasteiger partial charge < -0.3 is 5.73 Å². The monoisotopic (exact) mass is 318 g/mol. The van der Waals surface area contributed by atoms with Crippen molar-refractivity contribution >= 4 is 23.7 Å². The van der Waals surface area contributed by atoms with E-state index in [4.69, 9.17) is 5.73 Å². The van der Waals surface area contributed by atoms with Gasteiger partial charge in [0, 0.05) is 12.4 Å². The topological polar surface area (TPSA) is 90.0 Å². The number of thioether (sulfide) groups is 1. The molecular formula is C15H18N4O2S. The zero-order valence-electron chi connectivity index (χ0n) is 12.7. The summed E-state index contributed by atoms with van der Waals surface area (Å²) in [4.78, 5) is 26.8. The number of imidazole rings is 1. The molecule has 2 aromatic rings. The second-order valence-electron chi connectivity index (χ2n) is 4.98. The highest BCUT2D eigenvalue weighted by molar-refractivity contribution is 8.00. The van der Waals surface area contributed by atoms with Crippen LogP contribution in [0.2, 0.25) is 0 Å². The second-order valence-corrected chi connectivity index (χ2v) is 6.29. The summed E-state index contributed by atoms with van der Waals surface area (Å²) in [6, 6.07) is 5.28. The minimum atomic E-state index is -0.852. The SMILES string of the molecule is Cc1ccc(-n2ccnc2S[C@@H](C)C(=O)NC(N)=O)c(C)c1. The number of aromatic nitrogens is 2. The molecule has 116 valence electrons. The largest absolute Gasteiger partial charge is 0.351 e. The van der Waals surface area contributed by atoms with Crippen LogP contribution in [0.4, 0.5) is 4.79 Å². The number of aryl methyl sites for hydroxylation is 2. The maximum atomic E-state index is 11.8. The maximum absolute atomic E-state index is 11.8. The predicted molar refractivity (Wildman–Crippen MR) is 86.1 cm³/mol. The Bertz CT molecular complexity index is 711. The minimum Gasteiger partial charge on any atom is -0.351 e. The van der Waals surface area contributed by atoms with Crippen LogP contribution in [0.3, 0.4) is 0 Å². The molecule has 0 bridgehead atoms. The Hall–Kier alpha value is -2.28. The number of nitrogens with zero attached hydrogens (tertiary/aromatic N) is 2. The average Bonchev–Trinajstić information content (AvgIpc) is 2.86. The van der Waals surface area contributed by atoms with E-state index in [1.54, 1.807) is 13.1 Å². The fourth-order valence-corrected chi connectivity index (χ4v) is 2.95. The number of benzene rings is 1. The highest BCUT2D eigenvalue weighted by atomic mass is 32.2. The Balaban J connectivity index is 2.23. The first-order valence-corrected chi connectivity index (χ1v) is 7.64. The number of nitrogens with two attached hydrogens (primary N) is 1. The van der Waals surface area contributed by atoms with Gasteiger partial charge in [-0.1, -0.05) is 29.5 Å². The van der Waals surface area contributed by atoms with Crippen molar-refractivity contribution in [1.82, 2.24) is 14.9 Å². The quantitative estimate of drug-likeness (QED) is 0.845. The van der Waals surface area contributed by atoms with Crippen LogP contribution in [0, 0.1) is 13.8 Å². The summed E-state index contributed by atoms with van der Waals surface area (Å²) >= 11 is 1.27. The zero-order valence-corrected chi connectivity index (χ0v) is 13.5. The number of carbonyl (C=O) groups excluding carboxylic acids is 2. The lowest BCUT2D eigenvalue weighted by Gasteiger charge is -2.13. The van der Waals surface area contributed by atoms with Gasteiger partial charge in [0.05, 0.1) is 10.9 Å². The summed E-state index contributed by atoms with van der Waals surface area (Å²) in [5, 5.41) is 2.27. The number of imide groups is 1. The summed E-state index contributed by atoms with van der Waals surface area (Å²) in [6.45, 7) is 5.76. The average molecular weight is 318 g/mol. The van der Waals surface area contributed by atoms with Crippen LogP contribution in [0.15, 0.2) is 35.7 Å². The van der Waals surface area contributed by atoms with Gasteiger partial charge in [-0.25, -0.2) is 9.78 Å². The van der Waals surface area contributed by atoms with Gasteiger partial charge in [-0.2, -0.15) is 0 Å². The molecule has 0 unspecified atom stereocenters. The third kappa shape index (κ3) is 3.67. The Morgan fingerprint density at radius 2 is 2.09 bits per heavy atom. The fourth-order valence-electron chi connectivity index (χ4n) is 2.07. The van der Waals surface area contributed by atoms with E-state index >= 15 is 0 Å². The Labute approximate surface area is 133 Å². The number of primary amides is 1. The lowest BCUT2D eigenvalue weighted by molar-refractivity contribution is -0.119. The molecule has 3 N–H and O–H groups in total. The highest BCUT2D eigenvalue weighted by Crippen LogP contribution is 2.26. The van der Waals surface area contributed by atoms with Gasteiger partial charge in [0.2, 0.25) is 5.91 Å². The van der Waals surface area contributed by atoms with Gasteiger partial charge in [-0.15, -0.1) is 0 Å². The van der Waals surface area contributed by atoms with Crippen LogP contribution < -0.4 is 11.1 Å². The van der Waals surface area contributed by atoms with Gasteiger partial charge in [-0.05, 0) is 32.4 Å². The van der Waals surface area contributed by atoms with E-state index in [0.717, 1.165) is 11.3 Å². The van der Waals surface area contributed by atoms with E-state index in [9.17, 15) is 9.59 Å². The van der Waals surface area contributed by atoms with Crippen molar-refractivity contribution in [2.24, 2.45) is 5.73 Å². The molecule has 0 aliphatic carbocycles. The molecule has 1 heterocycles. The third-order valence-corrected chi connectivity index (χ3v) is 4.20. The third-order valence-electron chi connectivity index (χ3n) is 3.12. The van der Waals surface area contributed by atoms with Crippen molar-refractivity contribution in [3.05, 3.63) is 41.7 Å². The molecule has 0 radical (unpaired) electrons. The van der Waals surface area contributed by atoms with Crippen molar-refractivity contribution in [3.63, 3.8) is 0 Å². The van der Waals surface area contributed by atoms with Gasteiger partial charge in [-0.3, -0.25) is 14.7 Å². The van der Waals surface area contributed by atoms with Crippen molar-refractivity contribution in [3.8, 4) is 5.69 Å². The van der Waals surface area contributed by atoms with Crippen LogP contribution >= 0.6 is 11.8 Å². The van der Waals surface area contributed by atoms with E-state index < -0.39 is 17.2 Å². The summed E-state index contributed by atoms with van der Waals surface area (Å²) in [5.41, 5.74) is 8.27. The molecule has 7 heteroatoms. The van der Waals surface area contributed by atoms with Crippen LogP contribution in [-0.4, -0.2) is 26.7 Å². The smallest absolute Gasteiger partial charge is 0.318 e. The number of hydrogen-bond acceptors (Lipinski definition) is 4. The van der Waals surface area contributed by atoms with Crippen LogP contribution in [0.25, 0.3) is 5.69 Å². The van der Waals surface area contributed by atoms with E-state index in [1.165, 1.54) is 17.3 Å². The predicted octanol–water partition coefficient (Wildman–Crippen LogP) is 2.16. The molecule has 0 aliphatic rings. The molecule has 3 amide bonds. The van der Waals surface area contributed by atoms with Crippen LogP contribution in [-0.2, 0) is 4.79 Å². The molecular weight excluding hydrogens is 300 g/mol. The van der Waals surface area contributed by atoms with Gasteiger partial charge in [0.15, 0.2) is 5.16 Å². The molecule has 0 saturated carbocycles. The Morgan fingerprint density at radius 1 is 1.36 bits per heavy atom. The Morgan fingerprint density at radius 3 is 2.73 bits per heavy atom. The van der Waals surface area contributed by atoms with E-state index in [1.807, 2.05) is 36.7 Å². The van der Waals surface area contributed by atoms with Gasteiger partial charge >= 0.3 is 6.03 Å². The van der Waals surface area contributed by atoms with Gasteiger partial charge in [0.25, 0.3) is 0 Å². The first kappa shape index (κ1) is 16.1. The lowest BCUT2D eigenvalue weighted by Crippen LogP contribution is -2.39. The number of amides is 3. The molecule has 0 saturated heterocycles.